The Labute approximate surface area is 165 Å². The van der Waals surface area contributed by atoms with Crippen LogP contribution in [0.1, 0.15) is 22.3 Å². The smallest absolute Gasteiger partial charge is 0.326 e. The molecule has 0 saturated carbocycles. The van der Waals surface area contributed by atoms with Gasteiger partial charge < -0.3 is 10.2 Å². The number of hydrogen-bond acceptors (Lipinski definition) is 6. The highest BCUT2D eigenvalue weighted by Gasteiger charge is 2.41. The van der Waals surface area contributed by atoms with E-state index in [4.69, 9.17) is 0 Å². The van der Waals surface area contributed by atoms with E-state index in [2.05, 4.69) is 15.6 Å². The van der Waals surface area contributed by atoms with Gasteiger partial charge in [-0.2, -0.15) is 0 Å². The lowest BCUT2D eigenvalue weighted by molar-refractivity contribution is -0.129. The van der Waals surface area contributed by atoms with Crippen molar-refractivity contribution in [2.24, 2.45) is 0 Å². The van der Waals surface area contributed by atoms with Crippen molar-refractivity contribution in [2.45, 2.75) is 19.4 Å². The topological polar surface area (TPSA) is 112 Å². The van der Waals surface area contributed by atoms with Gasteiger partial charge in [0.1, 0.15) is 6.04 Å². The summed E-state index contributed by atoms with van der Waals surface area (Å²) in [6, 6.07) is 3.69. The van der Waals surface area contributed by atoms with Gasteiger partial charge in [0.05, 0.1) is 6.42 Å². The van der Waals surface area contributed by atoms with Crippen LogP contribution in [0.25, 0.3) is 0 Å². The van der Waals surface area contributed by atoms with Gasteiger partial charge in [0.25, 0.3) is 11.8 Å². The number of nitrogens with zero attached hydrogens (tertiary/aromatic N) is 3. The molecule has 3 rings (SSSR count). The molecule has 5 amide bonds. The maximum Gasteiger partial charge on any atom is 0.326 e. The van der Waals surface area contributed by atoms with Crippen LogP contribution in [0.15, 0.2) is 29.8 Å². The van der Waals surface area contributed by atoms with E-state index in [1.807, 2.05) is 0 Å². The van der Waals surface area contributed by atoms with E-state index < -0.39 is 23.9 Å². The second kappa shape index (κ2) is 7.77. The van der Waals surface area contributed by atoms with Gasteiger partial charge in [-0.1, -0.05) is 6.07 Å². The highest BCUT2D eigenvalue weighted by molar-refractivity contribution is 7.13. The Balaban J connectivity index is 1.71. The van der Waals surface area contributed by atoms with Gasteiger partial charge in [0.15, 0.2) is 5.13 Å². The fourth-order valence-corrected chi connectivity index (χ4v) is 3.45. The second-order valence-electron chi connectivity index (χ2n) is 6.33. The number of likely N-dealkylation sites (N-methyl/N-ethyl adjacent to an activating group) is 2. The highest BCUT2D eigenvalue weighted by atomic mass is 32.1. The predicted octanol–water partition coefficient (Wildman–Crippen LogP) is 1.92. The molecule has 28 heavy (non-hydrogen) atoms. The number of imide groups is 1. The normalized spacial score (nSPS) is 16.5. The van der Waals surface area contributed by atoms with Crippen LogP contribution in [0.3, 0.4) is 0 Å². The molecule has 2 aromatic rings. The van der Waals surface area contributed by atoms with Crippen LogP contribution in [0.5, 0.6) is 0 Å². The Hall–Kier alpha value is -3.27. The number of carbonyl (C=O) groups excluding carboxylic acids is 4. The Bertz CT molecular complexity index is 943. The number of benzene rings is 1. The van der Waals surface area contributed by atoms with Gasteiger partial charge in [-0.15, -0.1) is 11.3 Å². The first-order chi connectivity index (χ1) is 13.3. The van der Waals surface area contributed by atoms with Crippen molar-refractivity contribution in [2.75, 3.05) is 24.7 Å². The van der Waals surface area contributed by atoms with Crippen LogP contribution in [-0.2, 0) is 9.59 Å². The summed E-state index contributed by atoms with van der Waals surface area (Å²) in [7, 11) is 2.87. The predicted molar refractivity (Wildman–Crippen MR) is 104 cm³/mol. The van der Waals surface area contributed by atoms with Crippen molar-refractivity contribution >= 4 is 45.9 Å². The fraction of sp³-hybridized carbons (Fsp3) is 0.278. The number of rotatable bonds is 5. The van der Waals surface area contributed by atoms with Gasteiger partial charge in [0, 0.05) is 36.9 Å². The number of urea groups is 1. The molecule has 2 heterocycles. The lowest BCUT2D eigenvalue weighted by Gasteiger charge is -2.17. The van der Waals surface area contributed by atoms with Gasteiger partial charge in [-0.25, -0.2) is 9.78 Å². The van der Waals surface area contributed by atoms with Crippen molar-refractivity contribution in [3.63, 3.8) is 0 Å². The van der Waals surface area contributed by atoms with Gasteiger partial charge in [0.2, 0.25) is 5.91 Å². The standard InChI is InChI=1S/C18H19N5O4S/c1-10-11(15(25)21-17-19-7-8-28-17)5-4-6-12(10)20-14(24)9-13-16(26)23(3)18(27)22(13)2/h4-8,13H,9H2,1-3H3,(H,20,24)(H,19,21,25). The number of hydrogen-bond donors (Lipinski definition) is 2. The molecule has 9 nitrogen and oxygen atoms in total. The zero-order chi connectivity index (χ0) is 20.4. The van der Waals surface area contributed by atoms with Crippen molar-refractivity contribution in [3.8, 4) is 0 Å². The zero-order valence-corrected chi connectivity index (χ0v) is 16.4. The first-order valence-electron chi connectivity index (χ1n) is 8.44. The minimum Gasteiger partial charge on any atom is -0.326 e. The first kappa shape index (κ1) is 19.5. The third kappa shape index (κ3) is 3.72. The Kier molecular flexibility index (Phi) is 5.41. The van der Waals surface area contributed by atoms with Gasteiger partial charge in [-0.3, -0.25) is 24.6 Å². The molecule has 0 radical (unpaired) electrons. The Morgan fingerprint density at radius 2 is 1.96 bits per heavy atom. The Morgan fingerprint density at radius 1 is 1.21 bits per heavy atom. The summed E-state index contributed by atoms with van der Waals surface area (Å²) in [6.45, 7) is 1.72. The number of thiazole rings is 1. The van der Waals surface area contributed by atoms with E-state index in [9.17, 15) is 19.2 Å². The molecule has 1 aliphatic heterocycles. The molecule has 0 aliphatic carbocycles. The summed E-state index contributed by atoms with van der Waals surface area (Å²) in [5, 5.41) is 7.66. The minimum absolute atomic E-state index is 0.166. The highest BCUT2D eigenvalue weighted by Crippen LogP contribution is 2.22. The van der Waals surface area contributed by atoms with Crippen molar-refractivity contribution in [1.82, 2.24) is 14.8 Å². The zero-order valence-electron chi connectivity index (χ0n) is 15.6. The third-order valence-corrected chi connectivity index (χ3v) is 5.24. The van der Waals surface area contributed by atoms with Crippen LogP contribution in [-0.4, -0.2) is 58.7 Å². The van der Waals surface area contributed by atoms with Crippen molar-refractivity contribution in [1.29, 1.82) is 0 Å². The molecule has 2 N–H and O–H groups in total. The summed E-state index contributed by atoms with van der Waals surface area (Å²) in [5.74, 6) is -1.17. The fourth-order valence-electron chi connectivity index (χ4n) is 2.92. The average molecular weight is 401 g/mol. The number of aromatic nitrogens is 1. The maximum absolute atomic E-state index is 12.5. The molecule has 1 aliphatic rings. The maximum atomic E-state index is 12.5. The largest absolute Gasteiger partial charge is 0.326 e. The lowest BCUT2D eigenvalue weighted by atomic mass is 10.1. The number of amides is 5. The number of nitrogens with one attached hydrogen (secondary N) is 2. The second-order valence-corrected chi connectivity index (χ2v) is 7.22. The average Bonchev–Trinajstić information content (AvgIpc) is 3.23. The molecule has 1 aromatic carbocycles. The van der Waals surface area contributed by atoms with Crippen LogP contribution in [0.4, 0.5) is 15.6 Å². The summed E-state index contributed by atoms with van der Waals surface area (Å²) >= 11 is 1.30. The van der Waals surface area contributed by atoms with Crippen LogP contribution in [0, 0.1) is 6.92 Å². The molecule has 146 valence electrons. The molecule has 1 fully saturated rings. The van der Waals surface area contributed by atoms with E-state index in [1.54, 1.807) is 36.7 Å². The molecular formula is C18H19N5O4S. The quantitative estimate of drug-likeness (QED) is 0.744. The monoisotopic (exact) mass is 401 g/mol. The molecule has 1 atom stereocenters. The van der Waals surface area contributed by atoms with E-state index in [0.717, 1.165) is 4.90 Å². The molecule has 1 saturated heterocycles. The van der Waals surface area contributed by atoms with Gasteiger partial charge in [-0.05, 0) is 24.6 Å². The number of anilines is 2. The summed E-state index contributed by atoms with van der Waals surface area (Å²) < 4.78 is 0. The molecule has 10 heteroatoms. The summed E-state index contributed by atoms with van der Waals surface area (Å²) in [4.78, 5) is 55.1. The van der Waals surface area contributed by atoms with E-state index in [0.29, 0.717) is 21.9 Å². The van der Waals surface area contributed by atoms with Crippen LogP contribution in [0.2, 0.25) is 0 Å². The molecule has 1 aromatic heterocycles. The van der Waals surface area contributed by atoms with E-state index >= 15 is 0 Å². The van der Waals surface area contributed by atoms with Crippen LogP contribution >= 0.6 is 11.3 Å². The minimum atomic E-state index is -0.839. The van der Waals surface area contributed by atoms with E-state index in [-0.39, 0.29) is 12.3 Å². The van der Waals surface area contributed by atoms with Crippen LogP contribution < -0.4 is 10.6 Å². The summed E-state index contributed by atoms with van der Waals surface area (Å²) in [5.41, 5.74) is 1.45. The molecule has 0 bridgehead atoms. The van der Waals surface area contributed by atoms with E-state index in [1.165, 1.54) is 30.3 Å². The lowest BCUT2D eigenvalue weighted by Crippen LogP contribution is -2.35. The number of carbonyl (C=O) groups is 4. The van der Waals surface area contributed by atoms with Crippen molar-refractivity contribution < 1.29 is 19.2 Å². The van der Waals surface area contributed by atoms with Gasteiger partial charge >= 0.3 is 6.03 Å². The van der Waals surface area contributed by atoms with Crippen molar-refractivity contribution in [3.05, 3.63) is 40.9 Å². The first-order valence-corrected chi connectivity index (χ1v) is 9.32. The Morgan fingerprint density at radius 3 is 2.57 bits per heavy atom. The molecule has 0 spiro atoms. The molecular weight excluding hydrogens is 382 g/mol. The SMILES string of the molecule is Cc1c(NC(=O)CC2C(=O)N(C)C(=O)N2C)cccc1C(=O)Nc1nccs1. The molecule has 1 unspecified atom stereocenters. The third-order valence-electron chi connectivity index (χ3n) is 4.56. The summed E-state index contributed by atoms with van der Waals surface area (Å²) in [6.07, 6.45) is 1.42.